The highest BCUT2D eigenvalue weighted by molar-refractivity contribution is 5.79. The predicted octanol–water partition coefficient (Wildman–Crippen LogP) is 4.31. The zero-order valence-corrected chi connectivity index (χ0v) is 12.3. The molecule has 2 rings (SSSR count). The maximum Gasteiger partial charge on any atom is 0.132 e. The third kappa shape index (κ3) is 4.15. The Hall–Kier alpha value is -0.660. The second-order valence-electron chi connectivity index (χ2n) is 6.56. The van der Waals surface area contributed by atoms with Crippen molar-refractivity contribution >= 4 is 11.6 Å². The highest BCUT2D eigenvalue weighted by Gasteiger charge is 2.33. The zero-order valence-electron chi connectivity index (χ0n) is 12.3. The van der Waals surface area contributed by atoms with Crippen LogP contribution in [0.15, 0.2) is 0 Å². The molecule has 2 saturated carbocycles. The summed E-state index contributed by atoms with van der Waals surface area (Å²) in [4.78, 5) is 22.8. The number of unbranched alkanes of at least 4 members (excludes halogenated alkanes) is 1. The van der Waals surface area contributed by atoms with E-state index in [0.29, 0.717) is 11.6 Å². The van der Waals surface area contributed by atoms with Crippen LogP contribution in [0.3, 0.4) is 0 Å². The molecule has 2 aliphatic rings. The van der Waals surface area contributed by atoms with Gasteiger partial charge in [0.1, 0.15) is 11.6 Å². The number of carbonyl (C=O) groups is 2. The van der Waals surface area contributed by atoms with Gasteiger partial charge in [-0.2, -0.15) is 0 Å². The molecule has 0 aromatic carbocycles. The van der Waals surface area contributed by atoms with Crippen LogP contribution in [0.2, 0.25) is 0 Å². The van der Waals surface area contributed by atoms with Crippen LogP contribution in [-0.2, 0) is 9.59 Å². The number of carbonyl (C=O) groups excluding carboxylic acids is 2. The quantitative estimate of drug-likeness (QED) is 0.741. The summed E-state index contributed by atoms with van der Waals surface area (Å²) < 4.78 is 0. The van der Waals surface area contributed by atoms with Crippen molar-refractivity contribution in [3.8, 4) is 0 Å². The van der Waals surface area contributed by atoms with E-state index >= 15 is 0 Å². The fraction of sp³-hybridized carbons (Fsp3) is 0.882. The van der Waals surface area contributed by atoms with Gasteiger partial charge in [0, 0.05) is 25.7 Å². The van der Waals surface area contributed by atoms with Crippen LogP contribution in [0.25, 0.3) is 0 Å². The first-order chi connectivity index (χ1) is 9.20. The van der Waals surface area contributed by atoms with Gasteiger partial charge in [-0.05, 0) is 49.9 Å². The monoisotopic (exact) mass is 264 g/mol. The number of hydrogen-bond donors (Lipinski definition) is 0. The summed E-state index contributed by atoms with van der Waals surface area (Å²) >= 11 is 0. The molecule has 0 saturated heterocycles. The molecule has 0 unspecified atom stereocenters. The molecule has 0 atom stereocenters. The lowest BCUT2D eigenvalue weighted by Crippen LogP contribution is -2.30. The summed E-state index contributed by atoms with van der Waals surface area (Å²) in [6.45, 7) is 2.26. The number of hydrogen-bond acceptors (Lipinski definition) is 2. The Kier molecular flexibility index (Phi) is 5.59. The van der Waals surface area contributed by atoms with Crippen LogP contribution in [0.1, 0.15) is 77.6 Å². The van der Waals surface area contributed by atoms with E-state index in [2.05, 4.69) is 6.92 Å². The Labute approximate surface area is 117 Å². The molecule has 0 aromatic rings. The average Bonchev–Trinajstić information content (AvgIpc) is 2.43. The van der Waals surface area contributed by atoms with Gasteiger partial charge in [0.25, 0.3) is 0 Å². The number of Topliss-reactive ketones (excluding diaryl/α,β-unsaturated/α-hetero) is 2. The topological polar surface area (TPSA) is 34.1 Å². The molecule has 0 aliphatic heterocycles. The molecule has 2 nitrogen and oxygen atoms in total. The smallest absolute Gasteiger partial charge is 0.132 e. The highest BCUT2D eigenvalue weighted by atomic mass is 16.1. The minimum Gasteiger partial charge on any atom is -0.300 e. The first-order valence-corrected chi connectivity index (χ1v) is 8.24. The largest absolute Gasteiger partial charge is 0.300 e. The molecule has 108 valence electrons. The summed E-state index contributed by atoms with van der Waals surface area (Å²) in [6.07, 6.45) is 11.5. The van der Waals surface area contributed by atoms with Crippen LogP contribution in [-0.4, -0.2) is 11.6 Å². The van der Waals surface area contributed by atoms with Crippen molar-refractivity contribution in [1.82, 2.24) is 0 Å². The van der Waals surface area contributed by atoms with E-state index in [1.807, 2.05) is 0 Å². The molecule has 0 amide bonds. The summed E-state index contributed by atoms with van der Waals surface area (Å²) in [5.41, 5.74) is 0. The van der Waals surface area contributed by atoms with Gasteiger partial charge in [-0.3, -0.25) is 9.59 Å². The van der Waals surface area contributed by atoms with Gasteiger partial charge in [0.2, 0.25) is 0 Å². The SMILES string of the molecule is CCCCC(C1CCC(=O)CC1)C1CCC(=O)CC1. The normalized spacial score (nSPS) is 23.3. The van der Waals surface area contributed by atoms with E-state index in [4.69, 9.17) is 0 Å². The van der Waals surface area contributed by atoms with Crippen molar-refractivity contribution < 1.29 is 9.59 Å². The maximum atomic E-state index is 11.4. The number of ketones is 2. The predicted molar refractivity (Wildman–Crippen MR) is 76.9 cm³/mol. The van der Waals surface area contributed by atoms with E-state index in [1.165, 1.54) is 19.3 Å². The summed E-state index contributed by atoms with van der Waals surface area (Å²) in [6, 6.07) is 0. The second-order valence-corrected chi connectivity index (χ2v) is 6.56. The van der Waals surface area contributed by atoms with Crippen LogP contribution in [0.4, 0.5) is 0 Å². The first kappa shape index (κ1) is 14.7. The molecule has 0 heterocycles. The highest BCUT2D eigenvalue weighted by Crippen LogP contribution is 2.41. The van der Waals surface area contributed by atoms with Gasteiger partial charge >= 0.3 is 0 Å². The maximum absolute atomic E-state index is 11.4. The van der Waals surface area contributed by atoms with Crippen molar-refractivity contribution in [1.29, 1.82) is 0 Å². The third-order valence-corrected chi connectivity index (χ3v) is 5.28. The van der Waals surface area contributed by atoms with E-state index in [9.17, 15) is 9.59 Å². The van der Waals surface area contributed by atoms with Gasteiger partial charge in [-0.25, -0.2) is 0 Å². The Morgan fingerprint density at radius 3 is 1.68 bits per heavy atom. The minimum absolute atomic E-state index is 0.462. The lowest BCUT2D eigenvalue weighted by molar-refractivity contribution is -0.122. The fourth-order valence-corrected chi connectivity index (χ4v) is 4.08. The second kappa shape index (κ2) is 7.21. The van der Waals surface area contributed by atoms with E-state index in [1.54, 1.807) is 0 Å². The average molecular weight is 264 g/mol. The van der Waals surface area contributed by atoms with Gasteiger partial charge in [0.05, 0.1) is 0 Å². The fourth-order valence-electron chi connectivity index (χ4n) is 4.08. The van der Waals surface area contributed by atoms with Gasteiger partial charge in [-0.15, -0.1) is 0 Å². The summed E-state index contributed by atoms with van der Waals surface area (Å²) in [5, 5.41) is 0. The Balaban J connectivity index is 1.94. The summed E-state index contributed by atoms with van der Waals surface area (Å²) in [5.74, 6) is 3.21. The minimum atomic E-state index is 0.462. The van der Waals surface area contributed by atoms with Crippen LogP contribution < -0.4 is 0 Å². The van der Waals surface area contributed by atoms with E-state index in [-0.39, 0.29) is 0 Å². The molecular weight excluding hydrogens is 236 g/mol. The molecule has 2 fully saturated rings. The Bertz CT molecular complexity index is 273. The summed E-state index contributed by atoms with van der Waals surface area (Å²) in [7, 11) is 0. The van der Waals surface area contributed by atoms with E-state index < -0.39 is 0 Å². The van der Waals surface area contributed by atoms with Crippen LogP contribution >= 0.6 is 0 Å². The van der Waals surface area contributed by atoms with Crippen molar-refractivity contribution in [2.75, 3.05) is 0 Å². The van der Waals surface area contributed by atoms with E-state index in [0.717, 1.165) is 69.1 Å². The number of rotatable bonds is 5. The van der Waals surface area contributed by atoms with Gasteiger partial charge in [0.15, 0.2) is 0 Å². The Morgan fingerprint density at radius 1 is 0.895 bits per heavy atom. The third-order valence-electron chi connectivity index (χ3n) is 5.28. The molecule has 2 heteroatoms. The molecule has 19 heavy (non-hydrogen) atoms. The van der Waals surface area contributed by atoms with Crippen molar-refractivity contribution in [2.24, 2.45) is 17.8 Å². The Morgan fingerprint density at radius 2 is 1.32 bits per heavy atom. The lowest BCUT2D eigenvalue weighted by Gasteiger charge is -2.37. The molecule has 0 aromatic heterocycles. The van der Waals surface area contributed by atoms with Crippen LogP contribution in [0, 0.1) is 17.8 Å². The molecule has 0 bridgehead atoms. The molecular formula is C17H28O2. The van der Waals surface area contributed by atoms with Gasteiger partial charge in [-0.1, -0.05) is 19.8 Å². The van der Waals surface area contributed by atoms with Crippen molar-refractivity contribution in [3.05, 3.63) is 0 Å². The molecule has 0 spiro atoms. The van der Waals surface area contributed by atoms with Crippen LogP contribution in [0.5, 0.6) is 0 Å². The standard InChI is InChI=1S/C17H28O2/c1-2-3-4-17(13-5-9-15(18)10-6-13)14-7-11-16(19)12-8-14/h13-14,17H,2-12H2,1H3. The zero-order chi connectivity index (χ0) is 13.7. The lowest BCUT2D eigenvalue weighted by atomic mass is 9.67. The van der Waals surface area contributed by atoms with Crippen molar-refractivity contribution in [2.45, 2.75) is 77.6 Å². The molecule has 0 N–H and O–H groups in total. The first-order valence-electron chi connectivity index (χ1n) is 8.24. The van der Waals surface area contributed by atoms with Gasteiger partial charge < -0.3 is 0 Å². The molecule has 0 radical (unpaired) electrons. The van der Waals surface area contributed by atoms with Crippen molar-refractivity contribution in [3.63, 3.8) is 0 Å². The molecule has 2 aliphatic carbocycles.